The van der Waals surface area contributed by atoms with Crippen molar-refractivity contribution in [3.63, 3.8) is 0 Å². The van der Waals surface area contributed by atoms with E-state index in [1.807, 2.05) is 0 Å². The lowest BCUT2D eigenvalue weighted by Crippen LogP contribution is -2.51. The number of rotatable bonds is 6. The molecule has 0 spiro atoms. The van der Waals surface area contributed by atoms with E-state index in [9.17, 15) is 0 Å². The molecular formula is C14H27N3. The van der Waals surface area contributed by atoms with Crippen LogP contribution in [0.15, 0.2) is 0 Å². The van der Waals surface area contributed by atoms with E-state index in [-0.39, 0.29) is 0 Å². The summed E-state index contributed by atoms with van der Waals surface area (Å²) in [5, 5.41) is 3.43. The van der Waals surface area contributed by atoms with E-state index in [2.05, 4.69) is 42.2 Å². The van der Waals surface area contributed by atoms with Gasteiger partial charge in [-0.1, -0.05) is 0 Å². The predicted molar refractivity (Wildman–Crippen MR) is 74.1 cm³/mol. The minimum Gasteiger partial charge on any atom is -0.317 e. The van der Waals surface area contributed by atoms with Crippen LogP contribution in [-0.4, -0.2) is 62.7 Å². The molecule has 0 amide bonds. The number of terminal acetylenes is 1. The smallest absolute Gasteiger partial charge is 0.0235 e. The maximum Gasteiger partial charge on any atom is 0.0235 e. The zero-order valence-electron chi connectivity index (χ0n) is 11.6. The van der Waals surface area contributed by atoms with Gasteiger partial charge in [0.2, 0.25) is 0 Å². The molecule has 98 valence electrons. The van der Waals surface area contributed by atoms with Crippen LogP contribution in [-0.2, 0) is 0 Å². The lowest BCUT2D eigenvalue weighted by atomic mass is 9.99. The highest BCUT2D eigenvalue weighted by Crippen LogP contribution is 2.14. The van der Waals surface area contributed by atoms with Crippen molar-refractivity contribution < 1.29 is 0 Å². The lowest BCUT2D eigenvalue weighted by Gasteiger charge is -2.39. The maximum absolute atomic E-state index is 5.30. The Morgan fingerprint density at radius 1 is 1.41 bits per heavy atom. The third kappa shape index (κ3) is 5.08. The predicted octanol–water partition coefficient (Wildman–Crippen LogP) is 1.01. The van der Waals surface area contributed by atoms with Crippen LogP contribution in [0.4, 0.5) is 0 Å². The third-order valence-electron chi connectivity index (χ3n) is 3.82. The average Bonchev–Trinajstić information content (AvgIpc) is 2.32. The van der Waals surface area contributed by atoms with Crippen molar-refractivity contribution in [2.24, 2.45) is 0 Å². The van der Waals surface area contributed by atoms with Gasteiger partial charge < -0.3 is 15.1 Å². The first kappa shape index (κ1) is 14.5. The van der Waals surface area contributed by atoms with Gasteiger partial charge in [0.25, 0.3) is 0 Å². The first-order chi connectivity index (χ1) is 8.17. The molecule has 3 nitrogen and oxygen atoms in total. The molecule has 3 heteroatoms. The van der Waals surface area contributed by atoms with Crippen LogP contribution in [0, 0.1) is 12.3 Å². The fourth-order valence-electron chi connectivity index (χ4n) is 2.51. The van der Waals surface area contributed by atoms with Crippen molar-refractivity contribution in [3.8, 4) is 12.3 Å². The van der Waals surface area contributed by atoms with Crippen LogP contribution in [0.2, 0.25) is 0 Å². The fraction of sp³-hybridized carbons (Fsp3) is 0.857. The summed E-state index contributed by atoms with van der Waals surface area (Å²) in [5.74, 6) is 2.72. The molecule has 2 unspecified atom stereocenters. The number of likely N-dealkylation sites (N-methyl/N-ethyl adjacent to an activating group) is 2. The number of piperazine rings is 1. The molecule has 0 aromatic rings. The second-order valence-electron chi connectivity index (χ2n) is 5.21. The Hall–Kier alpha value is -0.560. The van der Waals surface area contributed by atoms with Gasteiger partial charge in [-0.15, -0.1) is 12.3 Å². The highest BCUT2D eigenvalue weighted by atomic mass is 15.3. The summed E-state index contributed by atoms with van der Waals surface area (Å²) in [6, 6.07) is 1.28. The molecule has 0 aliphatic carbocycles. The first-order valence-electron chi connectivity index (χ1n) is 6.67. The van der Waals surface area contributed by atoms with Crippen molar-refractivity contribution in [1.29, 1.82) is 0 Å². The SMILES string of the molecule is C#CCCCC(CC1CN(C)CCN1C)NC. The molecule has 2 atom stereocenters. The third-order valence-corrected chi connectivity index (χ3v) is 3.82. The molecule has 1 aliphatic rings. The van der Waals surface area contributed by atoms with Crippen LogP contribution < -0.4 is 5.32 Å². The number of nitrogens with zero attached hydrogens (tertiary/aromatic N) is 2. The highest BCUT2D eigenvalue weighted by Gasteiger charge is 2.24. The standard InChI is InChI=1S/C14H27N3/c1-5-6-7-8-13(15-2)11-14-12-16(3)9-10-17(14)4/h1,13-15H,6-12H2,2-4H3. The summed E-state index contributed by atoms with van der Waals surface area (Å²) in [6.45, 7) is 3.56. The number of unbranched alkanes of at least 4 members (excludes halogenated alkanes) is 1. The van der Waals surface area contributed by atoms with E-state index in [4.69, 9.17) is 6.42 Å². The van der Waals surface area contributed by atoms with Gasteiger partial charge in [-0.2, -0.15) is 0 Å². The van der Waals surface area contributed by atoms with Gasteiger partial charge in [0.05, 0.1) is 0 Å². The van der Waals surface area contributed by atoms with Crippen molar-refractivity contribution in [3.05, 3.63) is 0 Å². The highest BCUT2D eigenvalue weighted by molar-refractivity contribution is 4.86. The fourth-order valence-corrected chi connectivity index (χ4v) is 2.51. The Labute approximate surface area is 107 Å². The summed E-state index contributed by atoms with van der Waals surface area (Å²) in [5.41, 5.74) is 0. The molecule has 1 aliphatic heterocycles. The minimum atomic E-state index is 0.599. The lowest BCUT2D eigenvalue weighted by molar-refractivity contribution is 0.101. The van der Waals surface area contributed by atoms with E-state index in [0.717, 1.165) is 12.8 Å². The number of nitrogens with one attached hydrogen (secondary N) is 1. The summed E-state index contributed by atoms with van der Waals surface area (Å²) in [4.78, 5) is 4.92. The van der Waals surface area contributed by atoms with Crippen LogP contribution in [0.1, 0.15) is 25.7 Å². The summed E-state index contributed by atoms with van der Waals surface area (Å²) in [6.07, 6.45) is 9.74. The van der Waals surface area contributed by atoms with Gasteiger partial charge >= 0.3 is 0 Å². The molecule has 1 fully saturated rings. The van der Waals surface area contributed by atoms with Gasteiger partial charge in [0.1, 0.15) is 0 Å². The molecule has 1 N–H and O–H groups in total. The van der Waals surface area contributed by atoms with Gasteiger partial charge in [0.15, 0.2) is 0 Å². The zero-order chi connectivity index (χ0) is 12.7. The Bertz CT molecular complexity index is 246. The second-order valence-corrected chi connectivity index (χ2v) is 5.21. The van der Waals surface area contributed by atoms with E-state index in [1.165, 1.54) is 32.5 Å². The Morgan fingerprint density at radius 2 is 2.18 bits per heavy atom. The molecule has 0 aromatic heterocycles. The van der Waals surface area contributed by atoms with Crippen molar-refractivity contribution >= 4 is 0 Å². The van der Waals surface area contributed by atoms with Gasteiger partial charge in [-0.3, -0.25) is 0 Å². The summed E-state index contributed by atoms with van der Waals surface area (Å²) >= 11 is 0. The second kappa shape index (κ2) is 7.71. The summed E-state index contributed by atoms with van der Waals surface area (Å²) < 4.78 is 0. The van der Waals surface area contributed by atoms with E-state index >= 15 is 0 Å². The topological polar surface area (TPSA) is 18.5 Å². The molecule has 0 aromatic carbocycles. The molecule has 0 bridgehead atoms. The Balaban J connectivity index is 2.35. The molecule has 0 radical (unpaired) electrons. The quantitative estimate of drug-likeness (QED) is 0.549. The molecule has 17 heavy (non-hydrogen) atoms. The average molecular weight is 237 g/mol. The minimum absolute atomic E-state index is 0.599. The number of hydrogen-bond acceptors (Lipinski definition) is 3. The first-order valence-corrected chi connectivity index (χ1v) is 6.67. The summed E-state index contributed by atoms with van der Waals surface area (Å²) in [7, 11) is 6.52. The molecule has 0 saturated carbocycles. The van der Waals surface area contributed by atoms with Crippen LogP contribution >= 0.6 is 0 Å². The van der Waals surface area contributed by atoms with Crippen molar-refractivity contribution in [2.75, 3.05) is 40.8 Å². The largest absolute Gasteiger partial charge is 0.317 e. The normalized spacial score (nSPS) is 24.5. The van der Waals surface area contributed by atoms with Gasteiger partial charge in [-0.05, 0) is 40.4 Å². The van der Waals surface area contributed by atoms with Crippen LogP contribution in [0.3, 0.4) is 0 Å². The Kier molecular flexibility index (Phi) is 6.57. The van der Waals surface area contributed by atoms with E-state index in [1.54, 1.807) is 0 Å². The maximum atomic E-state index is 5.30. The molecule has 1 heterocycles. The van der Waals surface area contributed by atoms with Crippen LogP contribution in [0.25, 0.3) is 0 Å². The Morgan fingerprint density at radius 3 is 2.82 bits per heavy atom. The van der Waals surface area contributed by atoms with E-state index in [0.29, 0.717) is 12.1 Å². The van der Waals surface area contributed by atoms with E-state index < -0.39 is 0 Å². The molecular weight excluding hydrogens is 210 g/mol. The van der Waals surface area contributed by atoms with Crippen LogP contribution in [0.5, 0.6) is 0 Å². The van der Waals surface area contributed by atoms with Crippen molar-refractivity contribution in [1.82, 2.24) is 15.1 Å². The monoisotopic (exact) mass is 237 g/mol. The molecule has 1 saturated heterocycles. The van der Waals surface area contributed by atoms with Gasteiger partial charge in [-0.25, -0.2) is 0 Å². The number of hydrogen-bond donors (Lipinski definition) is 1. The zero-order valence-corrected chi connectivity index (χ0v) is 11.6. The van der Waals surface area contributed by atoms with Gasteiger partial charge in [0, 0.05) is 38.1 Å². The van der Waals surface area contributed by atoms with Crippen molar-refractivity contribution in [2.45, 2.75) is 37.8 Å². The molecule has 1 rings (SSSR count).